The van der Waals surface area contributed by atoms with Crippen LogP contribution in [0.25, 0.3) is 0 Å². The van der Waals surface area contributed by atoms with E-state index in [9.17, 15) is 9.59 Å². The number of thioether (sulfide) groups is 1. The normalized spacial score (nSPS) is 24.0. The monoisotopic (exact) mass is 420 g/mol. The Morgan fingerprint density at radius 3 is 2.45 bits per heavy atom. The third kappa shape index (κ3) is 6.56. The summed E-state index contributed by atoms with van der Waals surface area (Å²) >= 11 is 1.68. The van der Waals surface area contributed by atoms with E-state index < -0.39 is 6.09 Å². The Labute approximate surface area is 175 Å². The number of nitrogens with one attached hydrogen (secondary N) is 2. The molecule has 9 heteroatoms. The van der Waals surface area contributed by atoms with Crippen molar-refractivity contribution in [3.05, 3.63) is 24.3 Å². The van der Waals surface area contributed by atoms with Gasteiger partial charge in [0, 0.05) is 23.4 Å². The summed E-state index contributed by atoms with van der Waals surface area (Å²) < 4.78 is 10.4. The lowest BCUT2D eigenvalue weighted by Gasteiger charge is -2.28. The van der Waals surface area contributed by atoms with E-state index >= 15 is 0 Å². The molecule has 1 aliphatic heterocycles. The largest absolute Gasteiger partial charge is 0.447 e. The van der Waals surface area contributed by atoms with Crippen LogP contribution in [0.4, 0.5) is 15.3 Å². The van der Waals surface area contributed by atoms with Crippen LogP contribution < -0.4 is 21.1 Å². The second-order valence-electron chi connectivity index (χ2n) is 7.54. The molecule has 3 rings (SSSR count). The third-order valence-electron chi connectivity index (χ3n) is 4.79. The maximum Gasteiger partial charge on any atom is 0.414 e. The number of alkyl carbamates (subject to hydrolysis) is 1. The van der Waals surface area contributed by atoms with Crippen LogP contribution in [0, 0.1) is 5.92 Å². The second-order valence-corrected chi connectivity index (χ2v) is 8.58. The van der Waals surface area contributed by atoms with E-state index in [1.165, 1.54) is 0 Å². The molecule has 1 aliphatic carbocycles. The number of nitrogens with zero attached hydrogens (tertiary/aromatic N) is 1. The molecule has 0 radical (unpaired) electrons. The minimum absolute atomic E-state index is 0.119. The Morgan fingerprint density at radius 2 is 1.79 bits per heavy atom. The lowest BCUT2D eigenvalue weighted by atomic mass is 9.86. The maximum absolute atomic E-state index is 12.1. The fraction of sp³-hybridized carbons (Fsp3) is 0.550. The molecule has 2 amide bonds. The smallest absolute Gasteiger partial charge is 0.414 e. The van der Waals surface area contributed by atoms with Crippen molar-refractivity contribution in [2.24, 2.45) is 10.9 Å². The average Bonchev–Trinajstić information content (AvgIpc) is 3.12. The van der Waals surface area contributed by atoms with Crippen LogP contribution in [0.5, 0.6) is 5.75 Å². The molecule has 8 nitrogen and oxygen atoms in total. The Balaban J connectivity index is 1.42. The van der Waals surface area contributed by atoms with Gasteiger partial charge in [-0.3, -0.25) is 10.3 Å². The number of carbonyl (C=O) groups excluding carboxylic acids is 2. The summed E-state index contributed by atoms with van der Waals surface area (Å²) in [6.45, 7) is 3.67. The summed E-state index contributed by atoms with van der Waals surface area (Å²) in [5.41, 5.74) is 6.24. The van der Waals surface area contributed by atoms with Gasteiger partial charge in [-0.15, -0.1) is 11.8 Å². The van der Waals surface area contributed by atoms with E-state index in [-0.39, 0.29) is 24.4 Å². The van der Waals surface area contributed by atoms with Crippen molar-refractivity contribution in [2.45, 2.75) is 57.8 Å². The van der Waals surface area contributed by atoms with Crippen molar-refractivity contribution in [1.82, 2.24) is 10.6 Å². The van der Waals surface area contributed by atoms with Gasteiger partial charge in [-0.1, -0.05) is 0 Å². The number of hydrogen-bond acceptors (Lipinski definition) is 7. The molecule has 0 bridgehead atoms. The molecule has 2 aliphatic rings. The van der Waals surface area contributed by atoms with Gasteiger partial charge in [0.05, 0.1) is 11.1 Å². The number of ether oxygens (including phenoxy) is 2. The first-order valence-electron chi connectivity index (χ1n) is 9.90. The van der Waals surface area contributed by atoms with Crippen LogP contribution in [0.1, 0.15) is 39.5 Å². The van der Waals surface area contributed by atoms with Crippen LogP contribution in [0.3, 0.4) is 0 Å². The highest BCUT2D eigenvalue weighted by Gasteiger charge is 2.30. The minimum atomic E-state index is -0.526. The Hall–Kier alpha value is -2.42. The van der Waals surface area contributed by atoms with Gasteiger partial charge in [0.2, 0.25) is 0 Å². The van der Waals surface area contributed by atoms with Crippen molar-refractivity contribution in [2.75, 3.05) is 11.5 Å². The Kier molecular flexibility index (Phi) is 7.24. The maximum atomic E-state index is 12.1. The molecule has 1 saturated carbocycles. The minimum Gasteiger partial charge on any atom is -0.447 e. The van der Waals surface area contributed by atoms with E-state index in [4.69, 9.17) is 15.2 Å². The molecule has 1 aromatic rings. The fourth-order valence-corrected chi connectivity index (χ4v) is 4.56. The zero-order valence-corrected chi connectivity index (χ0v) is 17.5. The van der Waals surface area contributed by atoms with Crippen molar-refractivity contribution in [3.63, 3.8) is 0 Å². The summed E-state index contributed by atoms with van der Waals surface area (Å²) in [5, 5.41) is 6.80. The summed E-state index contributed by atoms with van der Waals surface area (Å²) in [7, 11) is 0. The predicted octanol–water partition coefficient (Wildman–Crippen LogP) is 3.52. The number of hydrogen-bond donors (Lipinski definition) is 3. The molecule has 0 spiro atoms. The van der Waals surface area contributed by atoms with Gasteiger partial charge in [-0.05, 0) is 63.8 Å². The molecule has 1 fully saturated rings. The zero-order chi connectivity index (χ0) is 20.8. The molecule has 1 heterocycles. The SMILES string of the molecule is CC(C)OC(=O)NC1CCC(C2=NC(NC(=O)Oc3ccc(N)cc3)CS2)CC1. The fourth-order valence-electron chi connectivity index (χ4n) is 3.40. The number of anilines is 1. The molecule has 0 saturated heterocycles. The van der Waals surface area contributed by atoms with Crippen LogP contribution in [-0.4, -0.2) is 41.3 Å². The summed E-state index contributed by atoms with van der Waals surface area (Å²) in [4.78, 5) is 28.5. The van der Waals surface area contributed by atoms with E-state index in [1.807, 2.05) is 13.8 Å². The number of aliphatic imine (C=N–C) groups is 1. The van der Waals surface area contributed by atoms with Gasteiger partial charge in [0.25, 0.3) is 0 Å². The van der Waals surface area contributed by atoms with Gasteiger partial charge in [0.15, 0.2) is 0 Å². The van der Waals surface area contributed by atoms with Crippen LogP contribution in [-0.2, 0) is 4.74 Å². The molecule has 1 aromatic carbocycles. The zero-order valence-electron chi connectivity index (χ0n) is 16.7. The molecule has 158 valence electrons. The number of carbonyl (C=O) groups is 2. The first-order chi connectivity index (χ1) is 13.9. The standard InChI is InChI=1S/C20H28N4O4S/c1-12(2)27-19(25)22-15-7-3-13(4-8-15)18-23-17(11-29-18)24-20(26)28-16-9-5-14(21)6-10-16/h5-6,9-10,12-13,15,17H,3-4,7-8,11,21H2,1-2H3,(H,22,25)(H,24,26). The van der Waals surface area contributed by atoms with Crippen LogP contribution in [0.15, 0.2) is 29.3 Å². The van der Waals surface area contributed by atoms with Crippen molar-refractivity contribution < 1.29 is 19.1 Å². The van der Waals surface area contributed by atoms with Gasteiger partial charge < -0.3 is 20.5 Å². The molecule has 4 N–H and O–H groups in total. The van der Waals surface area contributed by atoms with Crippen molar-refractivity contribution in [1.29, 1.82) is 0 Å². The summed E-state index contributed by atoms with van der Waals surface area (Å²) in [6.07, 6.45) is 2.44. The van der Waals surface area contributed by atoms with Crippen molar-refractivity contribution >= 4 is 34.7 Å². The number of nitrogens with two attached hydrogens (primary N) is 1. The van der Waals surface area contributed by atoms with Crippen molar-refractivity contribution in [3.8, 4) is 5.75 Å². The first-order valence-corrected chi connectivity index (χ1v) is 10.9. The molecule has 0 aromatic heterocycles. The number of rotatable bonds is 5. The molecular weight excluding hydrogens is 392 g/mol. The lowest BCUT2D eigenvalue weighted by molar-refractivity contribution is 0.109. The molecular formula is C20H28N4O4S. The summed E-state index contributed by atoms with van der Waals surface area (Å²) in [5.74, 6) is 1.51. The molecule has 1 atom stereocenters. The highest BCUT2D eigenvalue weighted by atomic mass is 32.2. The van der Waals surface area contributed by atoms with Gasteiger partial charge in [-0.2, -0.15) is 0 Å². The molecule has 1 unspecified atom stereocenters. The van der Waals surface area contributed by atoms with Crippen LogP contribution in [0.2, 0.25) is 0 Å². The average molecular weight is 421 g/mol. The van der Waals surface area contributed by atoms with E-state index in [0.29, 0.717) is 23.1 Å². The van der Waals surface area contributed by atoms with E-state index in [0.717, 1.165) is 30.7 Å². The van der Waals surface area contributed by atoms with Gasteiger partial charge in [0.1, 0.15) is 11.9 Å². The number of nitrogen functional groups attached to an aromatic ring is 1. The Morgan fingerprint density at radius 1 is 1.10 bits per heavy atom. The summed E-state index contributed by atoms with van der Waals surface area (Å²) in [6, 6.07) is 6.80. The van der Waals surface area contributed by atoms with Gasteiger partial charge in [-0.25, -0.2) is 9.59 Å². The van der Waals surface area contributed by atoms with E-state index in [2.05, 4.69) is 15.6 Å². The lowest BCUT2D eigenvalue weighted by Crippen LogP contribution is -2.39. The highest BCUT2D eigenvalue weighted by molar-refractivity contribution is 8.14. The van der Waals surface area contributed by atoms with E-state index in [1.54, 1.807) is 36.0 Å². The predicted molar refractivity (Wildman–Crippen MR) is 114 cm³/mol. The highest BCUT2D eigenvalue weighted by Crippen LogP contribution is 2.33. The number of amides is 2. The number of benzene rings is 1. The molecule has 29 heavy (non-hydrogen) atoms. The first kappa shape index (κ1) is 21.3. The third-order valence-corrected chi connectivity index (χ3v) is 6.01. The quantitative estimate of drug-likeness (QED) is 0.628. The second kappa shape index (κ2) is 9.87. The Bertz CT molecular complexity index is 745. The van der Waals surface area contributed by atoms with Crippen LogP contribution >= 0.6 is 11.8 Å². The topological polar surface area (TPSA) is 115 Å². The van der Waals surface area contributed by atoms with Gasteiger partial charge >= 0.3 is 12.2 Å².